The third-order valence-electron chi connectivity index (χ3n) is 8.48. The first-order valence-electron chi connectivity index (χ1n) is 13.9. The Morgan fingerprint density at radius 1 is 0.976 bits per heavy atom. The van der Waals surface area contributed by atoms with Crippen molar-refractivity contribution in [2.24, 2.45) is 5.92 Å². The molecule has 7 heteroatoms. The quantitative estimate of drug-likeness (QED) is 0.261. The lowest BCUT2D eigenvalue weighted by molar-refractivity contribution is -0.122. The number of Topliss-reactive ketones (excluding diaryl/α,β-unsaturated/α-hetero) is 2. The van der Waals surface area contributed by atoms with E-state index in [1.807, 2.05) is 90.1 Å². The number of carbonyl (C=O) groups is 3. The second-order valence-corrected chi connectivity index (χ2v) is 11.6. The van der Waals surface area contributed by atoms with Crippen LogP contribution in [-0.2, 0) is 10.2 Å². The molecule has 7 rings (SSSR count). The van der Waals surface area contributed by atoms with Crippen molar-refractivity contribution >= 4 is 40.6 Å². The number of fused-ring (bicyclic) bond motifs is 6. The van der Waals surface area contributed by atoms with E-state index in [1.165, 1.54) is 11.3 Å². The van der Waals surface area contributed by atoms with Gasteiger partial charge in [0.1, 0.15) is 17.2 Å². The van der Waals surface area contributed by atoms with Gasteiger partial charge in [-0.3, -0.25) is 14.4 Å². The third-order valence-corrected chi connectivity index (χ3v) is 9.36. The number of ether oxygens (including phenoxy) is 1. The monoisotopic (exact) mass is 560 g/mol. The van der Waals surface area contributed by atoms with Crippen LogP contribution in [0.25, 0.3) is 6.08 Å². The lowest BCUT2D eigenvalue weighted by Gasteiger charge is -2.38. The Morgan fingerprint density at radius 2 is 1.80 bits per heavy atom. The molecule has 3 aliphatic rings. The van der Waals surface area contributed by atoms with Crippen LogP contribution in [0.3, 0.4) is 0 Å². The van der Waals surface area contributed by atoms with E-state index < -0.39 is 23.4 Å². The van der Waals surface area contributed by atoms with Crippen LogP contribution < -0.4 is 10.1 Å². The average molecular weight is 561 g/mol. The van der Waals surface area contributed by atoms with E-state index in [0.717, 1.165) is 23.1 Å². The summed E-state index contributed by atoms with van der Waals surface area (Å²) >= 11 is 1.35. The molecule has 1 aromatic heterocycles. The van der Waals surface area contributed by atoms with Gasteiger partial charge in [0.15, 0.2) is 11.6 Å². The highest BCUT2D eigenvalue weighted by Crippen LogP contribution is 2.62. The van der Waals surface area contributed by atoms with Crippen LogP contribution >= 0.6 is 11.3 Å². The van der Waals surface area contributed by atoms with Gasteiger partial charge in [0.05, 0.1) is 23.4 Å². The largest absolute Gasteiger partial charge is 0.494 e. The van der Waals surface area contributed by atoms with Crippen LogP contribution in [0.5, 0.6) is 5.75 Å². The summed E-state index contributed by atoms with van der Waals surface area (Å²) in [5.74, 6) is -1.10. The molecule has 4 aromatic rings. The Balaban J connectivity index is 1.50. The van der Waals surface area contributed by atoms with Gasteiger partial charge in [-0.25, -0.2) is 0 Å². The Bertz CT molecular complexity index is 1710. The number of nitrogens with one attached hydrogen (secondary N) is 1. The maximum absolute atomic E-state index is 14.9. The Kier molecular flexibility index (Phi) is 6.12. The third kappa shape index (κ3) is 3.72. The number of benzene rings is 3. The maximum Gasteiger partial charge on any atom is 0.238 e. The minimum atomic E-state index is -1.34. The minimum absolute atomic E-state index is 0.167. The fourth-order valence-corrected chi connectivity index (χ4v) is 7.57. The zero-order valence-electron chi connectivity index (χ0n) is 22.4. The van der Waals surface area contributed by atoms with E-state index in [2.05, 4.69) is 5.32 Å². The Hall–Kier alpha value is -4.49. The maximum atomic E-state index is 14.9. The topological polar surface area (TPSA) is 75.7 Å². The van der Waals surface area contributed by atoms with Crippen LogP contribution in [0.1, 0.15) is 56.1 Å². The molecular formula is C34H28N2O4S. The van der Waals surface area contributed by atoms with Crippen molar-refractivity contribution in [3.8, 4) is 5.75 Å². The lowest BCUT2D eigenvalue weighted by Crippen LogP contribution is -2.49. The Labute approximate surface area is 242 Å². The van der Waals surface area contributed by atoms with E-state index >= 15 is 0 Å². The van der Waals surface area contributed by atoms with E-state index in [4.69, 9.17) is 4.74 Å². The molecular weight excluding hydrogens is 532 g/mol. The second kappa shape index (κ2) is 9.85. The van der Waals surface area contributed by atoms with E-state index in [1.54, 1.807) is 24.3 Å². The van der Waals surface area contributed by atoms with Gasteiger partial charge < -0.3 is 15.0 Å². The molecule has 0 bridgehead atoms. The molecule has 0 radical (unpaired) electrons. The van der Waals surface area contributed by atoms with Gasteiger partial charge in [-0.1, -0.05) is 67.6 Å². The number of nitrogens with zero attached hydrogens (tertiary/aromatic N) is 1. The second-order valence-electron chi connectivity index (χ2n) is 10.7. The zero-order valence-corrected chi connectivity index (χ0v) is 23.3. The molecule has 3 aromatic carbocycles. The summed E-state index contributed by atoms with van der Waals surface area (Å²) in [6.45, 7) is 2.55. The number of rotatable bonds is 7. The Morgan fingerprint density at radius 3 is 2.63 bits per heavy atom. The molecule has 1 saturated heterocycles. The molecule has 1 amide bonds. The van der Waals surface area contributed by atoms with Crippen molar-refractivity contribution in [1.29, 1.82) is 0 Å². The van der Waals surface area contributed by atoms with Gasteiger partial charge in [0, 0.05) is 17.5 Å². The molecule has 6 nitrogen and oxygen atoms in total. The smallest absolute Gasteiger partial charge is 0.238 e. The summed E-state index contributed by atoms with van der Waals surface area (Å²) in [5, 5.41) is 4.95. The fourth-order valence-electron chi connectivity index (χ4n) is 6.87. The summed E-state index contributed by atoms with van der Waals surface area (Å²) in [5.41, 5.74) is 2.37. The normalized spacial score (nSPS) is 23.6. The fraction of sp³-hybridized carbons (Fsp3) is 0.206. The first kappa shape index (κ1) is 25.5. The van der Waals surface area contributed by atoms with Crippen molar-refractivity contribution < 1.29 is 19.1 Å². The standard InChI is InChI=1S/C34H28N2O4S/c1-2-18-40-23-11-7-10-22(20-23)30(37)28-29(31(38)27-15-8-19-41-27)36-17-16-21-9-3-4-12-24(21)32(36)34(28)25-13-5-6-14-26(25)35-33(34)39/h3-17,19-20,28-29,32H,2,18H2,1H3,(H,35,39)/t28-,29+,32-,34+/m0/s1. The summed E-state index contributed by atoms with van der Waals surface area (Å²) in [6, 6.07) is 24.8. The summed E-state index contributed by atoms with van der Waals surface area (Å²) < 4.78 is 5.86. The summed E-state index contributed by atoms with van der Waals surface area (Å²) in [6.07, 6.45) is 4.70. The van der Waals surface area contributed by atoms with Crippen molar-refractivity contribution in [1.82, 2.24) is 4.90 Å². The first-order valence-corrected chi connectivity index (χ1v) is 14.7. The van der Waals surface area contributed by atoms with E-state index in [-0.39, 0.29) is 17.5 Å². The van der Waals surface area contributed by atoms with Crippen LogP contribution in [0.2, 0.25) is 0 Å². The molecule has 204 valence electrons. The number of hydrogen-bond acceptors (Lipinski definition) is 6. The first-order chi connectivity index (χ1) is 20.1. The molecule has 0 aliphatic carbocycles. The van der Waals surface area contributed by atoms with Crippen LogP contribution in [-0.4, -0.2) is 35.0 Å². The molecule has 0 saturated carbocycles. The van der Waals surface area contributed by atoms with Crippen molar-refractivity contribution in [3.05, 3.63) is 124 Å². The molecule has 3 aliphatic heterocycles. The van der Waals surface area contributed by atoms with Crippen LogP contribution in [0, 0.1) is 5.92 Å². The van der Waals surface area contributed by atoms with Gasteiger partial charge in [0.2, 0.25) is 5.91 Å². The zero-order chi connectivity index (χ0) is 28.1. The molecule has 1 spiro atoms. The van der Waals surface area contributed by atoms with E-state index in [0.29, 0.717) is 28.5 Å². The van der Waals surface area contributed by atoms with Crippen molar-refractivity contribution in [3.63, 3.8) is 0 Å². The van der Waals surface area contributed by atoms with Gasteiger partial charge in [-0.2, -0.15) is 0 Å². The molecule has 4 atom stereocenters. The highest BCUT2D eigenvalue weighted by atomic mass is 32.1. The summed E-state index contributed by atoms with van der Waals surface area (Å²) in [7, 11) is 0. The summed E-state index contributed by atoms with van der Waals surface area (Å²) in [4.78, 5) is 46.3. The molecule has 1 N–H and O–H groups in total. The molecule has 41 heavy (non-hydrogen) atoms. The van der Waals surface area contributed by atoms with Gasteiger partial charge in [0.25, 0.3) is 0 Å². The minimum Gasteiger partial charge on any atom is -0.494 e. The number of hydrogen-bond donors (Lipinski definition) is 1. The van der Waals surface area contributed by atoms with Crippen molar-refractivity contribution in [2.45, 2.75) is 30.8 Å². The molecule has 1 fully saturated rings. The van der Waals surface area contributed by atoms with Gasteiger partial charge >= 0.3 is 0 Å². The van der Waals surface area contributed by atoms with Crippen LogP contribution in [0.4, 0.5) is 5.69 Å². The predicted octanol–water partition coefficient (Wildman–Crippen LogP) is 6.52. The van der Waals surface area contributed by atoms with E-state index in [9.17, 15) is 14.4 Å². The van der Waals surface area contributed by atoms with Gasteiger partial charge in [-0.05, 0) is 58.8 Å². The molecule has 0 unspecified atom stereocenters. The van der Waals surface area contributed by atoms with Crippen LogP contribution in [0.15, 0.2) is 96.5 Å². The predicted molar refractivity (Wildman–Crippen MR) is 159 cm³/mol. The SMILES string of the molecule is CCCOc1cccc(C(=O)[C@@H]2[C@H](C(=O)c3cccs3)N3C=Cc4ccccc4[C@H]3[C@]23C(=O)Nc2ccccc23)c1. The van der Waals surface area contributed by atoms with Gasteiger partial charge in [-0.15, -0.1) is 11.3 Å². The number of amides is 1. The number of carbonyl (C=O) groups excluding carboxylic acids is 3. The number of ketones is 2. The highest BCUT2D eigenvalue weighted by Gasteiger charge is 2.70. The van der Waals surface area contributed by atoms with Crippen molar-refractivity contribution in [2.75, 3.05) is 11.9 Å². The number of thiophene rings is 1. The molecule has 4 heterocycles. The lowest BCUT2D eigenvalue weighted by atomic mass is 9.63. The number of para-hydroxylation sites is 1. The number of anilines is 1. The average Bonchev–Trinajstić information content (AvgIpc) is 3.72. The highest BCUT2D eigenvalue weighted by molar-refractivity contribution is 7.12.